The molecular formula is C11H10F3N3O. The van der Waals surface area contributed by atoms with Gasteiger partial charge in [-0.2, -0.15) is 18.3 Å². The Morgan fingerprint density at radius 3 is 2.72 bits per heavy atom. The number of pyridine rings is 1. The van der Waals surface area contributed by atoms with Crippen molar-refractivity contribution in [2.45, 2.75) is 13.1 Å². The van der Waals surface area contributed by atoms with E-state index in [1.54, 1.807) is 19.1 Å². The third-order valence-electron chi connectivity index (χ3n) is 2.18. The third-order valence-corrected chi connectivity index (χ3v) is 2.18. The Morgan fingerprint density at radius 2 is 2.06 bits per heavy atom. The van der Waals surface area contributed by atoms with Crippen LogP contribution < -0.4 is 4.74 Å². The van der Waals surface area contributed by atoms with Crippen LogP contribution in [-0.4, -0.2) is 21.4 Å². The second kappa shape index (κ2) is 4.67. The minimum Gasteiger partial charge on any atom is -0.490 e. The van der Waals surface area contributed by atoms with Crippen molar-refractivity contribution in [1.29, 1.82) is 0 Å². The Morgan fingerprint density at radius 1 is 1.28 bits per heavy atom. The van der Waals surface area contributed by atoms with E-state index in [1.807, 2.05) is 0 Å². The maximum atomic E-state index is 12.8. The molecule has 4 nitrogen and oxygen atoms in total. The van der Waals surface area contributed by atoms with Crippen LogP contribution in [0.2, 0.25) is 0 Å². The Kier molecular flexibility index (Phi) is 3.22. The van der Waals surface area contributed by atoms with Gasteiger partial charge in [-0.25, -0.2) is 9.67 Å². The second-order valence-electron chi connectivity index (χ2n) is 3.38. The van der Waals surface area contributed by atoms with Crippen molar-refractivity contribution < 1.29 is 17.9 Å². The fourth-order valence-electron chi connectivity index (χ4n) is 1.50. The largest absolute Gasteiger partial charge is 0.490 e. The van der Waals surface area contributed by atoms with Crippen LogP contribution in [-0.2, 0) is 6.18 Å². The van der Waals surface area contributed by atoms with E-state index in [-0.39, 0.29) is 11.6 Å². The molecule has 0 N–H and O–H groups in total. The first-order valence-corrected chi connectivity index (χ1v) is 5.23. The topological polar surface area (TPSA) is 39.9 Å². The molecule has 0 aliphatic rings. The fourth-order valence-corrected chi connectivity index (χ4v) is 1.50. The predicted molar refractivity (Wildman–Crippen MR) is 57.5 cm³/mol. The van der Waals surface area contributed by atoms with Crippen LogP contribution in [0.15, 0.2) is 30.6 Å². The summed E-state index contributed by atoms with van der Waals surface area (Å²) in [6.45, 7) is 2.08. The highest BCUT2D eigenvalue weighted by Gasteiger charge is 2.36. The van der Waals surface area contributed by atoms with Gasteiger partial charge in [0.05, 0.1) is 12.8 Å². The molecule has 2 heterocycles. The van der Waals surface area contributed by atoms with Gasteiger partial charge in [-0.15, -0.1) is 0 Å². The molecule has 0 saturated heterocycles. The number of aromatic nitrogens is 3. The molecule has 0 aromatic carbocycles. The summed E-state index contributed by atoms with van der Waals surface area (Å²) in [4.78, 5) is 3.89. The van der Waals surface area contributed by atoms with Crippen molar-refractivity contribution >= 4 is 0 Å². The summed E-state index contributed by atoms with van der Waals surface area (Å²) < 4.78 is 44.2. The van der Waals surface area contributed by atoms with Crippen LogP contribution in [0.1, 0.15) is 12.6 Å². The smallest absolute Gasteiger partial charge is 0.433 e. The van der Waals surface area contributed by atoms with Crippen LogP contribution in [0.4, 0.5) is 13.2 Å². The van der Waals surface area contributed by atoms with Crippen molar-refractivity contribution in [2.24, 2.45) is 0 Å². The van der Waals surface area contributed by atoms with Gasteiger partial charge < -0.3 is 4.74 Å². The first kappa shape index (κ1) is 12.4. The van der Waals surface area contributed by atoms with E-state index in [0.29, 0.717) is 6.61 Å². The van der Waals surface area contributed by atoms with Crippen LogP contribution in [0.5, 0.6) is 5.75 Å². The summed E-state index contributed by atoms with van der Waals surface area (Å²) in [7, 11) is 0. The van der Waals surface area contributed by atoms with E-state index in [9.17, 15) is 13.2 Å². The molecule has 7 heteroatoms. The zero-order valence-electron chi connectivity index (χ0n) is 9.48. The molecule has 0 fully saturated rings. The molecule has 0 amide bonds. The lowest BCUT2D eigenvalue weighted by molar-refractivity contribution is -0.142. The van der Waals surface area contributed by atoms with Crippen molar-refractivity contribution in [3.8, 4) is 11.6 Å². The molecule has 0 aliphatic heterocycles. The maximum absolute atomic E-state index is 12.8. The number of hydrogen-bond donors (Lipinski definition) is 0. The van der Waals surface area contributed by atoms with Gasteiger partial charge in [0.25, 0.3) is 0 Å². The van der Waals surface area contributed by atoms with Crippen molar-refractivity contribution in [2.75, 3.05) is 6.61 Å². The standard InChI is InChI=1S/C11H10F3N3O/c1-2-18-8-4-3-6-15-10(8)17-9(5-7-16-17)11(12,13)14/h3-7H,2H2,1H3. The summed E-state index contributed by atoms with van der Waals surface area (Å²) in [6.07, 6.45) is -2.02. The minimum absolute atomic E-state index is 0.0247. The molecule has 0 atom stereocenters. The summed E-state index contributed by atoms with van der Waals surface area (Å²) in [6, 6.07) is 4.03. The van der Waals surface area contributed by atoms with E-state index in [2.05, 4.69) is 10.1 Å². The molecule has 18 heavy (non-hydrogen) atoms. The SMILES string of the molecule is CCOc1cccnc1-n1nccc1C(F)(F)F. The lowest BCUT2D eigenvalue weighted by atomic mass is 10.4. The predicted octanol–water partition coefficient (Wildman–Crippen LogP) is 2.68. The molecule has 2 aromatic heterocycles. The Bertz CT molecular complexity index is 536. The molecule has 2 rings (SSSR count). The Labute approximate surface area is 101 Å². The first-order valence-electron chi connectivity index (χ1n) is 5.23. The monoisotopic (exact) mass is 257 g/mol. The molecule has 96 valence electrons. The van der Waals surface area contributed by atoms with Gasteiger partial charge in [-0.05, 0) is 25.1 Å². The molecule has 0 unspecified atom stereocenters. The summed E-state index contributed by atoms with van der Waals surface area (Å²) in [5, 5.41) is 3.65. The van der Waals surface area contributed by atoms with Gasteiger partial charge in [0.1, 0.15) is 5.69 Å². The van der Waals surface area contributed by atoms with E-state index in [1.165, 1.54) is 6.20 Å². The average Bonchev–Trinajstić information content (AvgIpc) is 2.78. The highest BCUT2D eigenvalue weighted by Crippen LogP contribution is 2.32. The van der Waals surface area contributed by atoms with Crippen molar-refractivity contribution in [3.05, 3.63) is 36.3 Å². The number of nitrogens with zero attached hydrogens (tertiary/aromatic N) is 3. The number of ether oxygens (including phenoxy) is 1. The zero-order chi connectivity index (χ0) is 13.2. The zero-order valence-corrected chi connectivity index (χ0v) is 9.48. The first-order chi connectivity index (χ1) is 8.54. The molecule has 0 radical (unpaired) electrons. The number of hydrogen-bond acceptors (Lipinski definition) is 3. The summed E-state index contributed by atoms with van der Waals surface area (Å²) >= 11 is 0. The van der Waals surface area contributed by atoms with Gasteiger partial charge in [0.15, 0.2) is 11.6 Å². The minimum atomic E-state index is -4.49. The lowest BCUT2D eigenvalue weighted by Crippen LogP contribution is -2.15. The number of alkyl halides is 3. The molecule has 2 aromatic rings. The van der Waals surface area contributed by atoms with Crippen LogP contribution >= 0.6 is 0 Å². The van der Waals surface area contributed by atoms with E-state index < -0.39 is 11.9 Å². The normalized spacial score (nSPS) is 11.6. The summed E-state index contributed by atoms with van der Waals surface area (Å²) in [5.74, 6) is 0.283. The van der Waals surface area contributed by atoms with Gasteiger partial charge in [0.2, 0.25) is 0 Å². The Balaban J connectivity index is 2.53. The highest BCUT2D eigenvalue weighted by molar-refractivity contribution is 5.40. The third kappa shape index (κ3) is 2.29. The van der Waals surface area contributed by atoms with Crippen LogP contribution in [0, 0.1) is 0 Å². The van der Waals surface area contributed by atoms with Crippen LogP contribution in [0.25, 0.3) is 5.82 Å². The molecule has 0 spiro atoms. The molecule has 0 aliphatic carbocycles. The van der Waals surface area contributed by atoms with Crippen molar-refractivity contribution in [3.63, 3.8) is 0 Å². The molecule has 0 bridgehead atoms. The molecular weight excluding hydrogens is 247 g/mol. The fraction of sp³-hybridized carbons (Fsp3) is 0.273. The quantitative estimate of drug-likeness (QED) is 0.848. The van der Waals surface area contributed by atoms with E-state index in [0.717, 1.165) is 16.9 Å². The summed E-state index contributed by atoms with van der Waals surface area (Å²) in [5.41, 5.74) is -0.887. The van der Waals surface area contributed by atoms with Gasteiger partial charge in [0, 0.05) is 6.20 Å². The second-order valence-corrected chi connectivity index (χ2v) is 3.38. The van der Waals surface area contributed by atoms with E-state index >= 15 is 0 Å². The lowest BCUT2D eigenvalue weighted by Gasteiger charge is -2.12. The van der Waals surface area contributed by atoms with Gasteiger partial charge in [-0.3, -0.25) is 0 Å². The maximum Gasteiger partial charge on any atom is 0.433 e. The van der Waals surface area contributed by atoms with Crippen LogP contribution in [0.3, 0.4) is 0 Å². The van der Waals surface area contributed by atoms with Crippen molar-refractivity contribution in [1.82, 2.24) is 14.8 Å². The highest BCUT2D eigenvalue weighted by atomic mass is 19.4. The average molecular weight is 257 g/mol. The number of halogens is 3. The van der Waals surface area contributed by atoms with Gasteiger partial charge in [-0.1, -0.05) is 0 Å². The van der Waals surface area contributed by atoms with E-state index in [4.69, 9.17) is 4.74 Å². The number of rotatable bonds is 3. The van der Waals surface area contributed by atoms with Gasteiger partial charge >= 0.3 is 6.18 Å². The molecule has 0 saturated carbocycles. The Hall–Kier alpha value is -2.05.